The molecule has 1 aliphatic rings. The van der Waals surface area contributed by atoms with E-state index < -0.39 is 16.6 Å². The average molecular weight is 249 g/mol. The van der Waals surface area contributed by atoms with Gasteiger partial charge in [-0.05, 0) is 19.1 Å². The van der Waals surface area contributed by atoms with Crippen LogP contribution in [0.4, 0.5) is 5.69 Å². The highest BCUT2D eigenvalue weighted by Gasteiger charge is 2.35. The molecule has 7 heteroatoms. The van der Waals surface area contributed by atoms with E-state index in [1.54, 1.807) is 6.92 Å². The van der Waals surface area contributed by atoms with Crippen LogP contribution in [0, 0.1) is 10.1 Å². The van der Waals surface area contributed by atoms with Gasteiger partial charge >= 0.3 is 5.97 Å². The first kappa shape index (κ1) is 12.2. The molecule has 0 radical (unpaired) electrons. The summed E-state index contributed by atoms with van der Waals surface area (Å²) in [6, 6.07) is 4.12. The van der Waals surface area contributed by atoms with E-state index in [0.717, 1.165) is 0 Å². The highest BCUT2D eigenvalue weighted by molar-refractivity contribution is 5.88. The number of carbonyl (C=O) groups is 1. The molecule has 0 aromatic heterocycles. The zero-order chi connectivity index (χ0) is 13.3. The maximum Gasteiger partial charge on any atom is 0.353 e. The van der Waals surface area contributed by atoms with Crippen LogP contribution >= 0.6 is 0 Å². The lowest BCUT2D eigenvalue weighted by atomic mass is 10.2. The maximum absolute atomic E-state index is 11.6. The van der Waals surface area contributed by atoms with Crippen LogP contribution in [-0.4, -0.2) is 23.2 Å². The van der Waals surface area contributed by atoms with Crippen LogP contribution in [0.15, 0.2) is 23.2 Å². The number of nitro groups is 1. The topological polar surface area (TPSA) is 108 Å². The van der Waals surface area contributed by atoms with Crippen molar-refractivity contribution in [1.29, 1.82) is 0 Å². The summed E-state index contributed by atoms with van der Waals surface area (Å²) in [6.07, 6.45) is 1.43. The fraction of sp³-hybridized carbons (Fsp3) is 0.273. The number of hydrogen-bond donors (Lipinski definition) is 1. The number of nitrogens with zero attached hydrogens (tertiary/aromatic N) is 2. The first-order valence-corrected chi connectivity index (χ1v) is 5.29. The third-order valence-electron chi connectivity index (χ3n) is 2.51. The minimum Gasteiger partial charge on any atom is -0.463 e. The van der Waals surface area contributed by atoms with E-state index >= 15 is 0 Å². The summed E-state index contributed by atoms with van der Waals surface area (Å²) in [5.41, 5.74) is 4.11. The zero-order valence-electron chi connectivity index (χ0n) is 9.62. The maximum atomic E-state index is 11.6. The van der Waals surface area contributed by atoms with Crippen molar-refractivity contribution in [2.75, 3.05) is 6.61 Å². The molecule has 1 atom stereocenters. The lowest BCUT2D eigenvalue weighted by Gasteiger charge is -2.15. The molecule has 0 saturated heterocycles. The lowest BCUT2D eigenvalue weighted by Crippen LogP contribution is -2.44. The van der Waals surface area contributed by atoms with Crippen molar-refractivity contribution in [3.8, 4) is 0 Å². The minimum atomic E-state index is -1.59. The normalized spacial score (nSPS) is 20.6. The summed E-state index contributed by atoms with van der Waals surface area (Å²) < 4.78 is 4.81. The quantitative estimate of drug-likeness (QED) is 0.429. The van der Waals surface area contributed by atoms with Crippen molar-refractivity contribution in [1.82, 2.24) is 0 Å². The zero-order valence-corrected chi connectivity index (χ0v) is 9.62. The van der Waals surface area contributed by atoms with Gasteiger partial charge in [0.15, 0.2) is 0 Å². The summed E-state index contributed by atoms with van der Waals surface area (Å²) in [7, 11) is 0. The standard InChI is InChI=1S/C11H11N3O4/c1-2-18-10(15)11(12)6-7-3-4-8(14(16)17)5-9(7)13-11/h3-6H,2,12H2,1H3. The Hall–Kier alpha value is -2.28. The number of nitrogens with two attached hydrogens (primary N) is 1. The van der Waals surface area contributed by atoms with Gasteiger partial charge in [-0.1, -0.05) is 0 Å². The van der Waals surface area contributed by atoms with Crippen molar-refractivity contribution in [2.45, 2.75) is 12.6 Å². The minimum absolute atomic E-state index is 0.0981. The van der Waals surface area contributed by atoms with E-state index in [1.807, 2.05) is 0 Å². The van der Waals surface area contributed by atoms with Gasteiger partial charge in [0.1, 0.15) is 0 Å². The Kier molecular flexibility index (Phi) is 2.84. The van der Waals surface area contributed by atoms with Crippen LogP contribution in [0.2, 0.25) is 0 Å². The first-order valence-electron chi connectivity index (χ1n) is 5.29. The molecule has 0 amide bonds. The molecule has 0 bridgehead atoms. The Morgan fingerprint density at radius 3 is 2.94 bits per heavy atom. The van der Waals surface area contributed by atoms with Gasteiger partial charge in [-0.3, -0.25) is 15.8 Å². The van der Waals surface area contributed by atoms with Crippen LogP contribution in [0.25, 0.3) is 6.08 Å². The third kappa shape index (κ3) is 1.95. The van der Waals surface area contributed by atoms with Gasteiger partial charge < -0.3 is 4.74 Å². The Morgan fingerprint density at radius 1 is 1.61 bits per heavy atom. The summed E-state index contributed by atoms with van der Waals surface area (Å²) in [5, 5.41) is 11.5. The predicted molar refractivity (Wildman–Crippen MR) is 61.9 cm³/mol. The molecule has 1 aromatic carbocycles. The first-order chi connectivity index (χ1) is 8.46. The van der Waals surface area contributed by atoms with E-state index in [2.05, 4.69) is 4.99 Å². The molecule has 7 nitrogen and oxygen atoms in total. The molecule has 0 spiro atoms. The van der Waals surface area contributed by atoms with E-state index in [-0.39, 0.29) is 12.3 Å². The number of carbonyl (C=O) groups excluding carboxylic acids is 1. The fourth-order valence-corrected chi connectivity index (χ4v) is 1.68. The van der Waals surface area contributed by atoms with E-state index in [1.165, 1.54) is 24.3 Å². The summed E-state index contributed by atoms with van der Waals surface area (Å²) in [4.78, 5) is 25.7. The Balaban J connectivity index is 2.49. The molecule has 0 aliphatic carbocycles. The summed E-state index contributed by atoms with van der Waals surface area (Å²) in [5.74, 6) is -0.677. The Morgan fingerprint density at radius 2 is 2.33 bits per heavy atom. The van der Waals surface area contributed by atoms with Gasteiger partial charge in [0.2, 0.25) is 5.66 Å². The highest BCUT2D eigenvalue weighted by Crippen LogP contribution is 2.12. The van der Waals surface area contributed by atoms with Crippen LogP contribution < -0.4 is 16.3 Å². The van der Waals surface area contributed by atoms with Gasteiger partial charge in [0.25, 0.3) is 5.69 Å². The Bertz CT molecular complexity index is 640. The van der Waals surface area contributed by atoms with E-state index in [4.69, 9.17) is 10.5 Å². The number of non-ortho nitro benzene ring substituents is 1. The van der Waals surface area contributed by atoms with Gasteiger partial charge in [0.05, 0.1) is 16.9 Å². The van der Waals surface area contributed by atoms with Gasteiger partial charge in [-0.2, -0.15) is 0 Å². The molecular formula is C11H11N3O4. The SMILES string of the molecule is CCOC(=O)C1(N)C=c2ccc([N+](=O)[O-])cc2=N1. The second-order valence-electron chi connectivity index (χ2n) is 3.80. The number of hydrogen-bond acceptors (Lipinski definition) is 6. The van der Waals surface area contributed by atoms with Gasteiger partial charge in [-0.25, -0.2) is 9.79 Å². The molecule has 18 heavy (non-hydrogen) atoms. The molecule has 1 aliphatic heterocycles. The van der Waals surface area contributed by atoms with E-state index in [0.29, 0.717) is 10.6 Å². The molecule has 0 fully saturated rings. The summed E-state index contributed by atoms with van der Waals surface area (Å²) in [6.45, 7) is 1.85. The fourth-order valence-electron chi connectivity index (χ4n) is 1.68. The van der Waals surface area contributed by atoms with Crippen molar-refractivity contribution in [3.05, 3.63) is 38.9 Å². The second kappa shape index (κ2) is 4.19. The van der Waals surface area contributed by atoms with Crippen molar-refractivity contribution in [3.63, 3.8) is 0 Å². The number of benzene rings is 1. The Labute approximate surface area is 102 Å². The number of nitro benzene ring substituents is 1. The van der Waals surface area contributed by atoms with E-state index in [9.17, 15) is 14.9 Å². The van der Waals surface area contributed by atoms with Crippen molar-refractivity contribution >= 4 is 17.7 Å². The van der Waals surface area contributed by atoms with Gasteiger partial charge in [-0.15, -0.1) is 0 Å². The third-order valence-corrected chi connectivity index (χ3v) is 2.51. The smallest absolute Gasteiger partial charge is 0.353 e. The summed E-state index contributed by atoms with van der Waals surface area (Å²) >= 11 is 0. The molecule has 1 unspecified atom stereocenters. The number of fused-ring (bicyclic) bond motifs is 1. The van der Waals surface area contributed by atoms with Crippen molar-refractivity contribution in [2.24, 2.45) is 10.7 Å². The molecule has 1 heterocycles. The van der Waals surface area contributed by atoms with Crippen LogP contribution in [0.3, 0.4) is 0 Å². The number of ether oxygens (including phenoxy) is 1. The molecule has 2 rings (SSSR count). The molecular weight excluding hydrogens is 238 g/mol. The van der Waals surface area contributed by atoms with Crippen LogP contribution in [0.1, 0.15) is 6.92 Å². The van der Waals surface area contributed by atoms with Gasteiger partial charge in [0, 0.05) is 17.4 Å². The number of rotatable bonds is 3. The second-order valence-corrected chi connectivity index (χ2v) is 3.80. The monoisotopic (exact) mass is 249 g/mol. The average Bonchev–Trinajstić information content (AvgIpc) is 2.65. The largest absolute Gasteiger partial charge is 0.463 e. The molecule has 0 saturated carbocycles. The molecule has 94 valence electrons. The molecule has 1 aromatic rings. The van der Waals surface area contributed by atoms with Crippen LogP contribution in [-0.2, 0) is 9.53 Å². The lowest BCUT2D eigenvalue weighted by molar-refractivity contribution is -0.385. The van der Waals surface area contributed by atoms with Crippen molar-refractivity contribution < 1.29 is 14.5 Å². The predicted octanol–water partition coefficient (Wildman–Crippen LogP) is -0.773. The van der Waals surface area contributed by atoms with Crippen LogP contribution in [0.5, 0.6) is 0 Å². The highest BCUT2D eigenvalue weighted by atomic mass is 16.6. The number of esters is 1. The molecule has 2 N–H and O–H groups in total.